The fraction of sp³-hybridized carbons (Fsp3) is 0.926. The van der Waals surface area contributed by atoms with Gasteiger partial charge in [0.15, 0.2) is 0 Å². The van der Waals surface area contributed by atoms with Gasteiger partial charge in [-0.15, -0.1) is 0 Å². The van der Waals surface area contributed by atoms with Gasteiger partial charge in [-0.2, -0.15) is 0 Å². The van der Waals surface area contributed by atoms with E-state index in [1.165, 1.54) is 89.9 Å². The Morgan fingerprint density at radius 1 is 0.667 bits per heavy atom. The van der Waals surface area contributed by atoms with Gasteiger partial charge in [-0.25, -0.2) is 0 Å². The Bertz CT molecular complexity index is 527. The van der Waals surface area contributed by atoms with Crippen LogP contribution < -0.4 is 0 Å². The zero-order valence-corrected chi connectivity index (χ0v) is 23.3. The number of hydrogen-bond donors (Lipinski definition) is 3. The van der Waals surface area contributed by atoms with Gasteiger partial charge in [-0.1, -0.05) is 103 Å². The van der Waals surface area contributed by atoms with Gasteiger partial charge in [0.05, 0.1) is 21.1 Å². The van der Waals surface area contributed by atoms with Gasteiger partial charge in [0.2, 0.25) is 5.34 Å². The van der Waals surface area contributed by atoms with Gasteiger partial charge in [-0.3, -0.25) is 4.57 Å². The Morgan fingerprint density at radius 3 is 1.39 bits per heavy atom. The minimum absolute atomic E-state index is 0.0604. The van der Waals surface area contributed by atoms with E-state index in [1.807, 2.05) is 21.1 Å². The average Bonchev–Trinajstić information content (AvgIpc) is 2.70. The van der Waals surface area contributed by atoms with E-state index in [4.69, 9.17) is 0 Å². The molecule has 0 aromatic rings. The Balaban J connectivity index is 3.57. The first-order valence-corrected chi connectivity index (χ1v) is 15.4. The largest absolute Gasteiger partial charge is 0.373 e. The van der Waals surface area contributed by atoms with Crippen LogP contribution in [0.15, 0.2) is 12.2 Å². The van der Waals surface area contributed by atoms with Crippen LogP contribution in [-0.4, -0.2) is 52.4 Å². The van der Waals surface area contributed by atoms with Crippen LogP contribution in [0, 0.1) is 0 Å². The molecule has 1 atom stereocenters. The number of allylic oxidation sites excluding steroid dienone is 2. The van der Waals surface area contributed by atoms with Crippen molar-refractivity contribution in [2.24, 2.45) is 0 Å². The molecule has 0 radical (unpaired) electrons. The van der Waals surface area contributed by atoms with E-state index >= 15 is 0 Å². The summed E-state index contributed by atoms with van der Waals surface area (Å²) in [5, 5.41) is 8.64. The fourth-order valence-corrected chi connectivity index (χ4v) is 5.50. The van der Waals surface area contributed by atoms with Crippen LogP contribution in [0.4, 0.5) is 0 Å². The Morgan fingerprint density at radius 2 is 1.03 bits per heavy atom. The lowest BCUT2D eigenvalue weighted by Crippen LogP contribution is -2.49. The summed E-state index contributed by atoms with van der Waals surface area (Å²) >= 11 is 0. The lowest BCUT2D eigenvalue weighted by Gasteiger charge is -2.35. The Hall–Kier alpha value is -0.190. The predicted octanol–water partition coefficient (Wildman–Crippen LogP) is 7.55. The van der Waals surface area contributed by atoms with Gasteiger partial charge >= 0.3 is 7.60 Å². The maximum atomic E-state index is 11.8. The zero-order valence-electron chi connectivity index (χ0n) is 22.4. The minimum Gasteiger partial charge on any atom is -0.373 e. The average molecular weight is 491 g/mol. The molecule has 0 aromatic carbocycles. The number of unbranched alkanes of at least 4 members (excludes halogenated alkanes) is 16. The molecular weight excluding hydrogens is 433 g/mol. The van der Waals surface area contributed by atoms with Gasteiger partial charge in [0.25, 0.3) is 0 Å². The summed E-state index contributed by atoms with van der Waals surface area (Å²) in [7, 11) is 0.978. The number of nitrogens with zero attached hydrogens (tertiary/aromatic N) is 1. The third-order valence-electron chi connectivity index (χ3n) is 6.36. The summed E-state index contributed by atoms with van der Waals surface area (Å²) in [5.74, 6) is 0. The van der Waals surface area contributed by atoms with Crippen molar-refractivity contribution in [3.63, 3.8) is 0 Å². The number of aliphatic hydroxyl groups is 1. The molecule has 0 saturated carbocycles. The molecule has 0 aliphatic heterocycles. The fourth-order valence-electron chi connectivity index (χ4n) is 4.44. The van der Waals surface area contributed by atoms with Crippen molar-refractivity contribution in [1.29, 1.82) is 0 Å². The first-order chi connectivity index (χ1) is 15.5. The van der Waals surface area contributed by atoms with Crippen LogP contribution in [-0.2, 0) is 4.57 Å². The van der Waals surface area contributed by atoms with Crippen LogP contribution in [0.25, 0.3) is 0 Å². The maximum Gasteiger partial charge on any atom is 0.362 e. The molecule has 0 amide bonds. The van der Waals surface area contributed by atoms with Crippen LogP contribution in [0.3, 0.4) is 0 Å². The lowest BCUT2D eigenvalue weighted by atomic mass is 10.0. The van der Waals surface area contributed by atoms with E-state index in [2.05, 4.69) is 19.1 Å². The summed E-state index contributed by atoms with van der Waals surface area (Å²) in [6, 6.07) is 0. The van der Waals surface area contributed by atoms with E-state index in [1.54, 1.807) is 0 Å². The quantitative estimate of drug-likeness (QED) is 0.0598. The van der Waals surface area contributed by atoms with Gasteiger partial charge in [0, 0.05) is 0 Å². The van der Waals surface area contributed by atoms with Gasteiger partial charge in [-0.05, 0) is 38.5 Å². The first kappa shape index (κ1) is 32.8. The lowest BCUT2D eigenvalue weighted by molar-refractivity contribution is -0.875. The molecule has 1 unspecified atom stereocenters. The van der Waals surface area contributed by atoms with E-state index in [0.29, 0.717) is 10.9 Å². The van der Waals surface area contributed by atoms with E-state index in [9.17, 15) is 19.5 Å². The van der Waals surface area contributed by atoms with Crippen molar-refractivity contribution in [2.75, 3.05) is 27.7 Å². The van der Waals surface area contributed by atoms with Crippen LogP contribution in [0.2, 0.25) is 0 Å². The molecule has 0 aliphatic rings. The van der Waals surface area contributed by atoms with E-state index in [0.717, 1.165) is 19.3 Å². The van der Waals surface area contributed by atoms with Crippen LogP contribution in [0.5, 0.6) is 0 Å². The molecule has 5 nitrogen and oxygen atoms in total. The van der Waals surface area contributed by atoms with E-state index < -0.39 is 12.9 Å². The Kier molecular flexibility index (Phi) is 18.9. The van der Waals surface area contributed by atoms with Crippen molar-refractivity contribution >= 4 is 7.60 Å². The highest BCUT2D eigenvalue weighted by Crippen LogP contribution is 2.52. The molecule has 33 heavy (non-hydrogen) atoms. The third kappa shape index (κ3) is 19.8. The number of rotatable bonds is 23. The van der Waals surface area contributed by atoms with Crippen molar-refractivity contribution in [3.8, 4) is 0 Å². The Labute approximate surface area is 205 Å². The monoisotopic (exact) mass is 490 g/mol. The van der Waals surface area contributed by atoms with Crippen molar-refractivity contribution in [2.45, 2.75) is 134 Å². The maximum absolute atomic E-state index is 11.8. The molecule has 0 rings (SSSR count). The molecule has 6 heteroatoms. The molecule has 0 aliphatic carbocycles. The second kappa shape index (κ2) is 19.1. The van der Waals surface area contributed by atoms with Crippen LogP contribution in [0.1, 0.15) is 129 Å². The first-order valence-electron chi connectivity index (χ1n) is 13.8. The summed E-state index contributed by atoms with van der Waals surface area (Å²) < 4.78 is 12.1. The standard InChI is InChI=1S/C27H56NO4P/c1-5-6-7-8-9-10-11-12-13-14-15-16-17-18-19-20-21-22-23-24-25-27(29,33(30,31)32)26-28(2,3)4/h14-15,29H,5-13,16-26H2,1-4H3,(H-,30,31,32)/p+1/b15-14-. The number of hydrogen-bond acceptors (Lipinski definition) is 2. The molecule has 0 saturated heterocycles. The van der Waals surface area contributed by atoms with Crippen molar-refractivity contribution < 1.29 is 23.9 Å². The summed E-state index contributed by atoms with van der Waals surface area (Å²) in [6.07, 6.45) is 27.3. The number of likely N-dealkylation sites (N-methyl/N-ethyl adjacent to an activating group) is 1. The van der Waals surface area contributed by atoms with Gasteiger partial charge in [0.1, 0.15) is 6.54 Å². The molecule has 0 fully saturated rings. The van der Waals surface area contributed by atoms with Crippen molar-refractivity contribution in [1.82, 2.24) is 0 Å². The van der Waals surface area contributed by atoms with Crippen molar-refractivity contribution in [3.05, 3.63) is 12.2 Å². The summed E-state index contributed by atoms with van der Waals surface area (Å²) in [6.45, 7) is 2.33. The summed E-state index contributed by atoms with van der Waals surface area (Å²) in [5.41, 5.74) is 0. The molecular formula is C27H57NO4P+. The van der Waals surface area contributed by atoms with Gasteiger partial charge < -0.3 is 19.4 Å². The normalized spacial score (nSPS) is 14.8. The molecule has 3 N–H and O–H groups in total. The SMILES string of the molecule is CCCCCCCCCC/C=C\CCCCCCCCCCC(O)(C[N+](C)(C)C)P(=O)(O)O. The zero-order chi connectivity index (χ0) is 25.1. The summed E-state index contributed by atoms with van der Waals surface area (Å²) in [4.78, 5) is 19.2. The molecule has 0 aromatic heterocycles. The molecule has 0 heterocycles. The smallest absolute Gasteiger partial charge is 0.362 e. The molecule has 0 spiro atoms. The third-order valence-corrected chi connectivity index (χ3v) is 7.81. The topological polar surface area (TPSA) is 77.8 Å². The van der Waals surface area contributed by atoms with E-state index in [-0.39, 0.29) is 13.0 Å². The second-order valence-corrected chi connectivity index (χ2v) is 13.0. The highest BCUT2D eigenvalue weighted by atomic mass is 31.2. The molecule has 0 bridgehead atoms. The highest BCUT2D eigenvalue weighted by Gasteiger charge is 2.48. The predicted molar refractivity (Wildman–Crippen MR) is 142 cm³/mol. The second-order valence-electron chi connectivity index (χ2n) is 11.1. The highest BCUT2D eigenvalue weighted by molar-refractivity contribution is 7.53. The molecule has 198 valence electrons. The number of quaternary nitrogens is 1. The minimum atomic E-state index is -4.54. The van der Waals surface area contributed by atoms with Crippen LogP contribution >= 0.6 is 7.60 Å².